The fourth-order valence-corrected chi connectivity index (χ4v) is 11.4. The van der Waals surface area contributed by atoms with Crippen molar-refractivity contribution in [3.05, 3.63) is 48.6 Å². The number of phosphoric acid groups is 1. The van der Waals surface area contributed by atoms with Gasteiger partial charge in [-0.15, -0.1) is 0 Å². The molecule has 0 aliphatic carbocycles. The van der Waals surface area contributed by atoms with E-state index in [1.54, 1.807) is 0 Å². The largest absolute Gasteiger partial charge is 0.756 e. The van der Waals surface area contributed by atoms with Crippen molar-refractivity contribution in [3.63, 3.8) is 0 Å². The van der Waals surface area contributed by atoms with Gasteiger partial charge >= 0.3 is 5.97 Å². The van der Waals surface area contributed by atoms with Gasteiger partial charge < -0.3 is 28.5 Å². The van der Waals surface area contributed by atoms with Crippen LogP contribution in [0.4, 0.5) is 0 Å². The summed E-state index contributed by atoms with van der Waals surface area (Å²) in [6.07, 6.45) is 79.5. The Hall–Kier alpha value is -2.03. The summed E-state index contributed by atoms with van der Waals surface area (Å²) in [5.41, 5.74) is 0. The fourth-order valence-electron chi connectivity index (χ4n) is 10.7. The Kier molecular flexibility index (Phi) is 61.5. The van der Waals surface area contributed by atoms with Gasteiger partial charge in [-0.05, 0) is 89.5 Å². The van der Waals surface area contributed by atoms with Crippen molar-refractivity contribution in [3.8, 4) is 0 Å². The molecule has 0 rings (SSSR count). The molecule has 0 aromatic heterocycles. The summed E-state index contributed by atoms with van der Waals surface area (Å²) in [6, 6.07) is -0.892. The molecule has 9 nitrogen and oxygen atoms in total. The van der Waals surface area contributed by atoms with Crippen LogP contribution in [0.1, 0.15) is 355 Å². The molecule has 0 aliphatic heterocycles. The van der Waals surface area contributed by atoms with Gasteiger partial charge in [-0.3, -0.25) is 14.2 Å². The number of likely N-dealkylation sites (N-methyl/N-ethyl adjacent to an activating group) is 1. The SMILES string of the molecule is CCCCC/C=C\C/C=C\CCCCCCCCCC(=O)NC(COP(=O)([O-])OCC[N+](C)(C)C)C(/C=C\CCCCCCCCCCCCC)OC(=O)CCCCCCCCCCCCCCCCCCC/C=C/CCCCCCCC. The summed E-state index contributed by atoms with van der Waals surface area (Å²) in [5.74, 6) is -0.534. The Labute approximate surface area is 516 Å². The zero-order valence-electron chi connectivity index (χ0n) is 55.9. The third kappa shape index (κ3) is 64.3. The molecule has 0 saturated heterocycles. The monoisotopic (exact) mass is 1190 g/mol. The standard InChI is InChI=1S/C73H139N2O7P/c1-7-10-13-16-19-22-25-28-30-32-33-34-35-36-37-38-39-40-41-43-45-48-51-54-57-60-63-66-73(77)82-71(64-61-58-55-52-49-46-27-24-21-18-15-12-9-3)70(69-81-83(78,79)80-68-67-75(4,5)6)74-72(76)65-62-59-56-53-50-47-44-42-31-29-26-23-20-17-14-11-8-2/h20,23,28-31,61,64,70-71H,7-19,21-22,24-27,32-60,62-63,65-69H2,1-6H3,(H-,74,76,78,79)/b23-20-,30-28+,31-29-,64-61-. The minimum absolute atomic E-state index is 0.0226. The molecule has 488 valence electrons. The van der Waals surface area contributed by atoms with Gasteiger partial charge in [0.1, 0.15) is 19.3 Å². The Morgan fingerprint density at radius 3 is 1.12 bits per heavy atom. The van der Waals surface area contributed by atoms with Crippen molar-refractivity contribution in [2.45, 2.75) is 367 Å². The van der Waals surface area contributed by atoms with E-state index in [2.05, 4.69) is 62.5 Å². The Morgan fingerprint density at radius 1 is 0.422 bits per heavy atom. The molecule has 0 spiro atoms. The molecule has 1 amide bonds. The average Bonchev–Trinajstić information content (AvgIpc) is 3.46. The summed E-state index contributed by atoms with van der Waals surface area (Å²) in [5, 5.41) is 3.04. The number of phosphoric ester groups is 1. The van der Waals surface area contributed by atoms with E-state index < -0.39 is 20.0 Å². The van der Waals surface area contributed by atoms with E-state index in [-0.39, 0.29) is 31.5 Å². The zero-order valence-corrected chi connectivity index (χ0v) is 56.8. The molecule has 1 N–H and O–H groups in total. The smallest absolute Gasteiger partial charge is 0.306 e. The van der Waals surface area contributed by atoms with Gasteiger partial charge in [0, 0.05) is 12.8 Å². The van der Waals surface area contributed by atoms with E-state index in [1.165, 1.54) is 244 Å². The van der Waals surface area contributed by atoms with Gasteiger partial charge in [-0.1, -0.05) is 301 Å². The first-order chi connectivity index (χ1) is 40.4. The highest BCUT2D eigenvalue weighted by Gasteiger charge is 2.27. The van der Waals surface area contributed by atoms with Crippen molar-refractivity contribution < 1.29 is 37.3 Å². The third-order valence-electron chi connectivity index (χ3n) is 16.2. The molecule has 0 aliphatic rings. The summed E-state index contributed by atoms with van der Waals surface area (Å²) in [4.78, 5) is 40.2. The maximum absolute atomic E-state index is 13.6. The first-order valence-corrected chi connectivity index (χ1v) is 37.4. The van der Waals surface area contributed by atoms with E-state index in [0.717, 1.165) is 77.0 Å². The van der Waals surface area contributed by atoms with Crippen molar-refractivity contribution in [2.75, 3.05) is 40.9 Å². The van der Waals surface area contributed by atoms with Crippen molar-refractivity contribution in [1.29, 1.82) is 0 Å². The molecule has 0 fully saturated rings. The number of allylic oxidation sites excluding steroid dienone is 7. The highest BCUT2D eigenvalue weighted by atomic mass is 31.2. The van der Waals surface area contributed by atoms with Gasteiger partial charge in [0.25, 0.3) is 7.82 Å². The first-order valence-electron chi connectivity index (χ1n) is 35.9. The van der Waals surface area contributed by atoms with Gasteiger partial charge in [-0.2, -0.15) is 0 Å². The Morgan fingerprint density at radius 2 is 0.735 bits per heavy atom. The van der Waals surface area contributed by atoms with Crippen LogP contribution in [0.25, 0.3) is 0 Å². The fraction of sp³-hybridized carbons (Fsp3) is 0.863. The van der Waals surface area contributed by atoms with E-state index in [1.807, 2.05) is 33.3 Å². The first kappa shape index (κ1) is 81.0. The number of ether oxygens (including phenoxy) is 1. The normalized spacial score (nSPS) is 13.8. The van der Waals surface area contributed by atoms with Gasteiger partial charge in [-0.25, -0.2) is 0 Å². The van der Waals surface area contributed by atoms with Gasteiger partial charge in [0.05, 0.1) is 33.8 Å². The molecule has 0 aromatic carbocycles. The number of nitrogens with zero attached hydrogens (tertiary/aromatic N) is 1. The number of carbonyl (C=O) groups is 2. The third-order valence-corrected chi connectivity index (χ3v) is 17.2. The van der Waals surface area contributed by atoms with Crippen LogP contribution in [0.15, 0.2) is 48.6 Å². The number of nitrogens with one attached hydrogen (secondary N) is 1. The highest BCUT2D eigenvalue weighted by molar-refractivity contribution is 7.45. The lowest BCUT2D eigenvalue weighted by Gasteiger charge is -2.30. The van der Waals surface area contributed by atoms with Crippen molar-refractivity contribution >= 4 is 19.7 Å². The molecule has 83 heavy (non-hydrogen) atoms. The quantitative estimate of drug-likeness (QED) is 0.0212. The number of carbonyl (C=O) groups excluding carboxylic acids is 2. The second-order valence-corrected chi connectivity index (χ2v) is 27.1. The minimum Gasteiger partial charge on any atom is -0.756 e. The van der Waals surface area contributed by atoms with Gasteiger partial charge in [0.15, 0.2) is 0 Å². The summed E-state index contributed by atoms with van der Waals surface area (Å²) in [7, 11) is 1.19. The molecule has 0 bridgehead atoms. The predicted molar refractivity (Wildman–Crippen MR) is 358 cm³/mol. The van der Waals surface area contributed by atoms with Crippen LogP contribution in [0.3, 0.4) is 0 Å². The van der Waals surface area contributed by atoms with Crippen LogP contribution in [0, 0.1) is 0 Å². The predicted octanol–water partition coefficient (Wildman–Crippen LogP) is 22.2. The zero-order chi connectivity index (χ0) is 60.7. The van der Waals surface area contributed by atoms with Crippen LogP contribution in [0.2, 0.25) is 0 Å². The molecule has 10 heteroatoms. The highest BCUT2D eigenvalue weighted by Crippen LogP contribution is 2.38. The van der Waals surface area contributed by atoms with Crippen molar-refractivity contribution in [2.24, 2.45) is 0 Å². The number of unbranched alkanes of at least 4 members (excludes halogenated alkanes) is 44. The minimum atomic E-state index is -4.70. The topological polar surface area (TPSA) is 114 Å². The molecule has 3 unspecified atom stereocenters. The second-order valence-electron chi connectivity index (χ2n) is 25.7. The van der Waals surface area contributed by atoms with Crippen molar-refractivity contribution in [1.82, 2.24) is 5.32 Å². The molecular formula is C73H139N2O7P. The second kappa shape index (κ2) is 63.0. The molecule has 3 atom stereocenters. The van der Waals surface area contributed by atoms with Crippen LogP contribution in [-0.2, 0) is 27.9 Å². The molecule has 0 saturated carbocycles. The van der Waals surface area contributed by atoms with Crippen LogP contribution < -0.4 is 10.2 Å². The number of hydrogen-bond donors (Lipinski definition) is 1. The van der Waals surface area contributed by atoms with Gasteiger partial charge in [0.2, 0.25) is 5.91 Å². The number of rotatable bonds is 66. The van der Waals surface area contributed by atoms with E-state index in [4.69, 9.17) is 13.8 Å². The van der Waals surface area contributed by atoms with Crippen LogP contribution in [-0.4, -0.2) is 69.4 Å². The maximum Gasteiger partial charge on any atom is 0.306 e. The number of amides is 1. The molecule has 0 heterocycles. The lowest BCUT2D eigenvalue weighted by molar-refractivity contribution is -0.870. The maximum atomic E-state index is 13.6. The summed E-state index contributed by atoms with van der Waals surface area (Å²) >= 11 is 0. The summed E-state index contributed by atoms with van der Waals surface area (Å²) < 4.78 is 30.5. The average molecular weight is 1190 g/mol. The molecule has 0 aromatic rings. The van der Waals surface area contributed by atoms with Crippen LogP contribution in [0.5, 0.6) is 0 Å². The molecular weight excluding hydrogens is 1050 g/mol. The Bertz CT molecular complexity index is 1560. The van der Waals surface area contributed by atoms with E-state index in [0.29, 0.717) is 17.4 Å². The van der Waals surface area contributed by atoms with E-state index in [9.17, 15) is 19.0 Å². The summed E-state index contributed by atoms with van der Waals surface area (Å²) in [6.45, 7) is 6.86. The van der Waals surface area contributed by atoms with E-state index >= 15 is 0 Å². The number of quaternary nitrogens is 1. The Balaban J connectivity index is 5.02. The number of hydrogen-bond acceptors (Lipinski definition) is 7. The lowest BCUT2D eigenvalue weighted by atomic mass is 10.0. The molecule has 0 radical (unpaired) electrons. The van der Waals surface area contributed by atoms with Crippen LogP contribution >= 0.6 is 7.82 Å². The lowest BCUT2D eigenvalue weighted by Crippen LogP contribution is -2.47. The number of esters is 1.